The molecule has 6 heteroatoms. The van der Waals surface area contributed by atoms with Crippen LogP contribution in [0.5, 0.6) is 0 Å². The highest BCUT2D eigenvalue weighted by atomic mass is 32.2. The minimum absolute atomic E-state index is 0.0777. The quantitative estimate of drug-likeness (QED) is 0.811. The van der Waals surface area contributed by atoms with Crippen LogP contribution in [-0.2, 0) is 0 Å². The van der Waals surface area contributed by atoms with Crippen LogP contribution < -0.4 is 5.32 Å². The zero-order valence-corrected chi connectivity index (χ0v) is 9.63. The molecule has 0 radical (unpaired) electrons. The molecule has 0 spiro atoms. The highest BCUT2D eigenvalue weighted by molar-refractivity contribution is 8.00. The van der Waals surface area contributed by atoms with E-state index in [1.165, 1.54) is 0 Å². The molecule has 0 bridgehead atoms. The molecule has 15 heavy (non-hydrogen) atoms. The summed E-state index contributed by atoms with van der Waals surface area (Å²) in [4.78, 5) is 2.15. The first-order chi connectivity index (χ1) is 7.03. The van der Waals surface area contributed by atoms with Crippen molar-refractivity contribution in [3.63, 3.8) is 0 Å². The topological polar surface area (TPSA) is 15.3 Å². The maximum atomic E-state index is 11.9. The molecule has 0 aromatic heterocycles. The van der Waals surface area contributed by atoms with Gasteiger partial charge in [0, 0.05) is 38.0 Å². The summed E-state index contributed by atoms with van der Waals surface area (Å²) in [5.74, 6) is 0.139. The highest BCUT2D eigenvalue weighted by Gasteiger charge is 2.28. The lowest BCUT2D eigenvalue weighted by Gasteiger charge is -2.35. The number of halogens is 3. The minimum atomic E-state index is -4.09. The van der Waals surface area contributed by atoms with Crippen LogP contribution in [-0.4, -0.2) is 48.4 Å². The first-order valence-corrected chi connectivity index (χ1v) is 6.17. The first kappa shape index (κ1) is 13.1. The van der Waals surface area contributed by atoms with E-state index in [0.29, 0.717) is 12.6 Å². The van der Waals surface area contributed by atoms with E-state index in [2.05, 4.69) is 17.1 Å². The van der Waals surface area contributed by atoms with E-state index in [4.69, 9.17) is 0 Å². The SMILES string of the molecule is CCC1CNCCN1CCSC(F)(F)F. The van der Waals surface area contributed by atoms with Gasteiger partial charge in [0.25, 0.3) is 0 Å². The van der Waals surface area contributed by atoms with Crippen molar-refractivity contribution in [3.8, 4) is 0 Å². The normalized spacial score (nSPS) is 24.4. The number of nitrogens with one attached hydrogen (secondary N) is 1. The summed E-state index contributed by atoms with van der Waals surface area (Å²) in [6.45, 7) is 5.24. The van der Waals surface area contributed by atoms with E-state index >= 15 is 0 Å². The van der Waals surface area contributed by atoms with E-state index in [1.54, 1.807) is 0 Å². The molecule has 2 nitrogen and oxygen atoms in total. The van der Waals surface area contributed by atoms with Crippen molar-refractivity contribution in [1.82, 2.24) is 10.2 Å². The number of hydrogen-bond acceptors (Lipinski definition) is 3. The van der Waals surface area contributed by atoms with E-state index in [9.17, 15) is 13.2 Å². The maximum absolute atomic E-state index is 11.9. The van der Waals surface area contributed by atoms with Gasteiger partial charge in [-0.2, -0.15) is 13.2 Å². The highest BCUT2D eigenvalue weighted by Crippen LogP contribution is 2.30. The Kier molecular flexibility index (Phi) is 5.22. The summed E-state index contributed by atoms with van der Waals surface area (Å²) in [6, 6.07) is 0.396. The molecule has 0 aromatic rings. The van der Waals surface area contributed by atoms with Crippen LogP contribution in [0.15, 0.2) is 0 Å². The van der Waals surface area contributed by atoms with Crippen molar-refractivity contribution in [1.29, 1.82) is 0 Å². The van der Waals surface area contributed by atoms with Gasteiger partial charge in [-0.05, 0) is 18.2 Å². The van der Waals surface area contributed by atoms with Gasteiger partial charge < -0.3 is 5.32 Å². The third-order valence-corrected chi connectivity index (χ3v) is 3.30. The molecule has 1 heterocycles. The predicted octanol–water partition coefficient (Wildman–Crippen LogP) is 1.92. The summed E-state index contributed by atoms with van der Waals surface area (Å²) < 4.78 is 35.8. The summed E-state index contributed by atoms with van der Waals surface area (Å²) >= 11 is 0.0777. The van der Waals surface area contributed by atoms with Gasteiger partial charge in [0.1, 0.15) is 0 Å². The third-order valence-electron chi connectivity index (χ3n) is 2.59. The van der Waals surface area contributed by atoms with Crippen molar-refractivity contribution in [2.24, 2.45) is 0 Å². The summed E-state index contributed by atoms with van der Waals surface area (Å²) in [5, 5.41) is 3.25. The Morgan fingerprint density at radius 2 is 2.20 bits per heavy atom. The monoisotopic (exact) mass is 242 g/mol. The Morgan fingerprint density at radius 1 is 1.47 bits per heavy atom. The third kappa shape index (κ3) is 5.08. The number of nitrogens with zero attached hydrogens (tertiary/aromatic N) is 1. The molecule has 1 N–H and O–H groups in total. The summed E-state index contributed by atoms with van der Waals surface area (Å²) in [7, 11) is 0. The second-order valence-corrected chi connectivity index (χ2v) is 4.76. The molecule has 0 aromatic carbocycles. The number of alkyl halides is 3. The second kappa shape index (κ2) is 5.96. The number of thioether (sulfide) groups is 1. The Balaban J connectivity index is 2.23. The Labute approximate surface area is 92.6 Å². The molecule has 1 unspecified atom stereocenters. The van der Waals surface area contributed by atoms with E-state index in [1.807, 2.05) is 0 Å². The van der Waals surface area contributed by atoms with Crippen LogP contribution >= 0.6 is 11.8 Å². The predicted molar refractivity (Wildman–Crippen MR) is 57.0 cm³/mol. The Morgan fingerprint density at radius 3 is 2.80 bits per heavy atom. The molecular formula is C9H17F3N2S. The van der Waals surface area contributed by atoms with E-state index < -0.39 is 5.51 Å². The maximum Gasteiger partial charge on any atom is 0.441 e. The molecule has 0 amide bonds. The molecule has 1 aliphatic rings. The lowest BCUT2D eigenvalue weighted by atomic mass is 10.1. The van der Waals surface area contributed by atoms with Gasteiger partial charge >= 0.3 is 5.51 Å². The molecule has 0 saturated carbocycles. The molecular weight excluding hydrogens is 225 g/mol. The van der Waals surface area contributed by atoms with Gasteiger partial charge in [0.05, 0.1) is 0 Å². The van der Waals surface area contributed by atoms with Gasteiger partial charge in [-0.3, -0.25) is 4.90 Å². The van der Waals surface area contributed by atoms with Gasteiger partial charge in [0.15, 0.2) is 0 Å². The van der Waals surface area contributed by atoms with Crippen LogP contribution in [0.2, 0.25) is 0 Å². The molecule has 1 fully saturated rings. The van der Waals surface area contributed by atoms with Crippen molar-refractivity contribution in [3.05, 3.63) is 0 Å². The molecule has 0 aliphatic carbocycles. The summed E-state index contributed by atoms with van der Waals surface area (Å²) in [6.07, 6.45) is 0.990. The Bertz CT molecular complexity index is 187. The second-order valence-electron chi connectivity index (χ2n) is 3.60. The van der Waals surface area contributed by atoms with Crippen molar-refractivity contribution in [2.75, 3.05) is 31.9 Å². The van der Waals surface area contributed by atoms with E-state index in [-0.39, 0.29) is 17.5 Å². The number of hydrogen-bond donors (Lipinski definition) is 1. The minimum Gasteiger partial charge on any atom is -0.314 e. The van der Waals surface area contributed by atoms with Gasteiger partial charge in [0.2, 0.25) is 0 Å². The fourth-order valence-corrected chi connectivity index (χ4v) is 2.34. The van der Waals surface area contributed by atoms with Crippen LogP contribution in [0.4, 0.5) is 13.2 Å². The number of rotatable bonds is 4. The fourth-order valence-electron chi connectivity index (χ4n) is 1.78. The molecule has 1 atom stereocenters. The van der Waals surface area contributed by atoms with Crippen molar-refractivity contribution >= 4 is 11.8 Å². The molecule has 1 rings (SSSR count). The van der Waals surface area contributed by atoms with Crippen molar-refractivity contribution < 1.29 is 13.2 Å². The molecule has 90 valence electrons. The zero-order valence-electron chi connectivity index (χ0n) is 8.81. The number of piperazine rings is 1. The van der Waals surface area contributed by atoms with E-state index in [0.717, 1.165) is 26.1 Å². The lowest BCUT2D eigenvalue weighted by molar-refractivity contribution is -0.0329. The largest absolute Gasteiger partial charge is 0.441 e. The standard InChI is InChI=1S/C9H17F3N2S/c1-2-8-7-13-3-4-14(8)5-6-15-9(10,11)12/h8,13H,2-7H2,1H3. The van der Waals surface area contributed by atoms with Crippen molar-refractivity contribution in [2.45, 2.75) is 24.9 Å². The average Bonchev–Trinajstić information content (AvgIpc) is 2.16. The lowest BCUT2D eigenvalue weighted by Crippen LogP contribution is -2.51. The fraction of sp³-hybridized carbons (Fsp3) is 1.00. The smallest absolute Gasteiger partial charge is 0.314 e. The van der Waals surface area contributed by atoms with Crippen LogP contribution in [0.3, 0.4) is 0 Å². The Hall–Kier alpha value is 0.0600. The zero-order chi connectivity index (χ0) is 11.3. The summed E-state index contributed by atoms with van der Waals surface area (Å²) in [5.41, 5.74) is -4.09. The first-order valence-electron chi connectivity index (χ1n) is 5.18. The van der Waals surface area contributed by atoms with Crippen LogP contribution in [0.25, 0.3) is 0 Å². The molecule has 1 aliphatic heterocycles. The van der Waals surface area contributed by atoms with Gasteiger partial charge in [-0.15, -0.1) is 0 Å². The van der Waals surface area contributed by atoms with Gasteiger partial charge in [-0.25, -0.2) is 0 Å². The average molecular weight is 242 g/mol. The molecule has 1 saturated heterocycles. The van der Waals surface area contributed by atoms with Crippen LogP contribution in [0.1, 0.15) is 13.3 Å². The van der Waals surface area contributed by atoms with Crippen LogP contribution in [0, 0.1) is 0 Å². The van der Waals surface area contributed by atoms with Gasteiger partial charge in [-0.1, -0.05) is 6.92 Å².